The highest BCUT2D eigenvalue weighted by molar-refractivity contribution is 6.35. The molecule has 1 spiro atoms. The predicted molar refractivity (Wildman–Crippen MR) is 182 cm³/mol. The van der Waals surface area contributed by atoms with Gasteiger partial charge in [-0.25, -0.2) is 4.79 Å². The summed E-state index contributed by atoms with van der Waals surface area (Å²) in [5, 5.41) is 10.2. The number of fused-ring (bicyclic) bond motifs is 5. The second-order valence-corrected chi connectivity index (χ2v) is 15.8. The molecule has 1 aromatic heterocycles. The Balaban J connectivity index is 0.876. The summed E-state index contributed by atoms with van der Waals surface area (Å²) >= 11 is 6.44. The first kappa shape index (κ1) is 30.9. The number of halogens is 1. The third kappa shape index (κ3) is 5.07. The highest BCUT2D eigenvalue weighted by Gasteiger charge is 2.49. The summed E-state index contributed by atoms with van der Waals surface area (Å²) in [6.07, 6.45) is 7.33. The second-order valence-electron chi connectivity index (χ2n) is 15.4. The zero-order chi connectivity index (χ0) is 32.7. The van der Waals surface area contributed by atoms with E-state index in [-0.39, 0.29) is 11.5 Å². The van der Waals surface area contributed by atoms with Gasteiger partial charge in [-0.1, -0.05) is 29.8 Å². The Labute approximate surface area is 280 Å². The van der Waals surface area contributed by atoms with Crippen LogP contribution in [-0.4, -0.2) is 86.7 Å². The maximum absolute atomic E-state index is 13.6. The lowest BCUT2D eigenvalue weighted by Crippen LogP contribution is -2.57. The van der Waals surface area contributed by atoms with Gasteiger partial charge in [0, 0.05) is 38.1 Å². The largest absolute Gasteiger partial charge is 0.465 e. The molecule has 5 heterocycles. The maximum atomic E-state index is 13.6. The number of amides is 2. The first-order valence-electron chi connectivity index (χ1n) is 17.4. The fourth-order valence-electron chi connectivity index (χ4n) is 9.50. The Morgan fingerprint density at radius 3 is 2.30 bits per heavy atom. The molecule has 1 saturated carbocycles. The molecule has 1 aliphatic carbocycles. The van der Waals surface area contributed by atoms with Gasteiger partial charge >= 0.3 is 6.09 Å². The van der Waals surface area contributed by atoms with Crippen LogP contribution in [0.4, 0.5) is 4.79 Å². The average molecular weight is 658 g/mol. The van der Waals surface area contributed by atoms with Gasteiger partial charge in [-0.2, -0.15) is 4.98 Å². The molecule has 2 aromatic carbocycles. The summed E-state index contributed by atoms with van der Waals surface area (Å²) in [5.41, 5.74) is 3.93. The first-order valence-corrected chi connectivity index (χ1v) is 17.8. The number of hydrogen-bond acceptors (Lipinski definition) is 5. The molecule has 4 fully saturated rings. The highest BCUT2D eigenvalue weighted by Crippen LogP contribution is 2.51. The minimum atomic E-state index is -0.789. The van der Waals surface area contributed by atoms with Crippen molar-refractivity contribution in [2.45, 2.75) is 82.6 Å². The van der Waals surface area contributed by atoms with Crippen LogP contribution in [-0.2, 0) is 10.2 Å². The number of benzene rings is 2. The monoisotopic (exact) mass is 657 g/mol. The molecule has 1 N–H and O–H groups in total. The zero-order valence-corrected chi connectivity index (χ0v) is 28.1. The number of carboxylic acid groups (broad SMARTS) is 1. The number of rotatable bonds is 3. The van der Waals surface area contributed by atoms with E-state index in [2.05, 4.69) is 51.4 Å². The van der Waals surface area contributed by atoms with Gasteiger partial charge in [-0.3, -0.25) is 14.2 Å². The molecule has 47 heavy (non-hydrogen) atoms. The van der Waals surface area contributed by atoms with Crippen LogP contribution in [0, 0.1) is 11.3 Å². The number of hydrogen-bond donors (Lipinski definition) is 1. The molecule has 10 heteroatoms. The van der Waals surface area contributed by atoms with Crippen molar-refractivity contribution in [3.63, 3.8) is 0 Å². The molecule has 0 unspecified atom stereocenters. The minimum absolute atomic E-state index is 0.119. The fourth-order valence-corrected chi connectivity index (χ4v) is 9.75. The molecule has 5 aliphatic rings. The Kier molecular flexibility index (Phi) is 7.44. The van der Waals surface area contributed by atoms with Crippen molar-refractivity contribution < 1.29 is 14.7 Å². The quantitative estimate of drug-likeness (QED) is 0.370. The molecule has 0 bridgehead atoms. The summed E-state index contributed by atoms with van der Waals surface area (Å²) in [5.74, 6) is 1.59. The normalized spacial score (nSPS) is 23.1. The SMILES string of the molecule is CC1(C)c2cc(C3CCN(C(=O)C4CCN(C5CC6(CCN(C(=O)O)CC6)C5)CC4)CC3)ccc2-n2c1nc(=O)c1c(Cl)cccc12. The van der Waals surface area contributed by atoms with Gasteiger partial charge in [0.25, 0.3) is 5.56 Å². The lowest BCUT2D eigenvalue weighted by atomic mass is 9.60. The van der Waals surface area contributed by atoms with Gasteiger partial charge in [0.15, 0.2) is 0 Å². The molecule has 3 aromatic rings. The van der Waals surface area contributed by atoms with Gasteiger partial charge in [0.2, 0.25) is 5.91 Å². The first-order chi connectivity index (χ1) is 22.5. The molecular formula is C37H44ClN5O4. The third-order valence-electron chi connectivity index (χ3n) is 12.5. The molecule has 8 rings (SSSR count). The summed E-state index contributed by atoms with van der Waals surface area (Å²) < 4.78 is 2.10. The van der Waals surface area contributed by atoms with E-state index in [4.69, 9.17) is 11.6 Å². The summed E-state index contributed by atoms with van der Waals surface area (Å²) in [4.78, 5) is 48.7. The zero-order valence-electron chi connectivity index (χ0n) is 27.4. The molecular weight excluding hydrogens is 614 g/mol. The van der Waals surface area contributed by atoms with E-state index in [1.807, 2.05) is 12.1 Å². The molecule has 248 valence electrons. The molecule has 2 amide bonds. The average Bonchev–Trinajstić information content (AvgIpc) is 3.29. The number of nitrogens with zero attached hydrogens (tertiary/aromatic N) is 5. The number of carbonyl (C=O) groups is 2. The third-order valence-corrected chi connectivity index (χ3v) is 12.8. The van der Waals surface area contributed by atoms with E-state index in [1.165, 1.54) is 24.0 Å². The van der Waals surface area contributed by atoms with Crippen molar-refractivity contribution in [2.24, 2.45) is 11.3 Å². The van der Waals surface area contributed by atoms with E-state index in [0.717, 1.165) is 81.7 Å². The molecule has 3 saturated heterocycles. The molecule has 0 atom stereocenters. The number of carbonyl (C=O) groups excluding carboxylic acids is 1. The predicted octanol–water partition coefficient (Wildman–Crippen LogP) is 6.02. The van der Waals surface area contributed by atoms with Crippen molar-refractivity contribution in [3.05, 3.63) is 68.7 Å². The molecule has 4 aliphatic heterocycles. The van der Waals surface area contributed by atoms with Crippen LogP contribution >= 0.6 is 11.6 Å². The standard InChI is InChI=1S/C37H44ClN5O4/c1-36(2)27-20-25(6-7-29(27)43-30-5-3-4-28(38)31(30)32(44)39-34(36)43)23-8-16-41(17-9-23)33(45)24-10-14-40(15-11-24)26-21-37(22-26)12-18-42(19-13-37)35(46)47/h3-7,20,23-24,26H,8-19,21-22H2,1-2H3,(H,46,47). The van der Waals surface area contributed by atoms with Crippen molar-refractivity contribution in [2.75, 3.05) is 39.3 Å². The second kappa shape index (κ2) is 11.3. The van der Waals surface area contributed by atoms with Gasteiger partial charge in [0.1, 0.15) is 5.82 Å². The molecule has 9 nitrogen and oxygen atoms in total. The summed E-state index contributed by atoms with van der Waals surface area (Å²) in [7, 11) is 0. The highest BCUT2D eigenvalue weighted by atomic mass is 35.5. The smallest absolute Gasteiger partial charge is 0.407 e. The topological polar surface area (TPSA) is 99.0 Å². The molecule has 0 radical (unpaired) electrons. The van der Waals surface area contributed by atoms with Gasteiger partial charge in [-0.05, 0) is 119 Å². The van der Waals surface area contributed by atoms with Crippen LogP contribution in [0.25, 0.3) is 16.6 Å². The Morgan fingerprint density at radius 2 is 1.62 bits per heavy atom. The van der Waals surface area contributed by atoms with Crippen LogP contribution in [0.2, 0.25) is 5.02 Å². The van der Waals surface area contributed by atoms with Crippen LogP contribution in [0.1, 0.15) is 88.1 Å². The Hall–Kier alpha value is -3.43. The fraction of sp³-hybridized carbons (Fsp3) is 0.568. The van der Waals surface area contributed by atoms with Gasteiger partial charge in [0.05, 0.1) is 27.0 Å². The Bertz CT molecular complexity index is 1810. The minimum Gasteiger partial charge on any atom is -0.465 e. The van der Waals surface area contributed by atoms with E-state index >= 15 is 0 Å². The van der Waals surface area contributed by atoms with Gasteiger partial charge in [-0.15, -0.1) is 0 Å². The van der Waals surface area contributed by atoms with Crippen LogP contribution in [0.5, 0.6) is 0 Å². The van der Waals surface area contributed by atoms with Crippen LogP contribution in [0.15, 0.2) is 41.2 Å². The number of likely N-dealkylation sites (tertiary alicyclic amines) is 3. The maximum Gasteiger partial charge on any atom is 0.407 e. The van der Waals surface area contributed by atoms with Crippen LogP contribution < -0.4 is 5.56 Å². The van der Waals surface area contributed by atoms with E-state index < -0.39 is 11.5 Å². The Morgan fingerprint density at radius 1 is 0.915 bits per heavy atom. The van der Waals surface area contributed by atoms with Crippen LogP contribution in [0.3, 0.4) is 0 Å². The summed E-state index contributed by atoms with van der Waals surface area (Å²) in [6, 6.07) is 12.9. The van der Waals surface area contributed by atoms with E-state index in [9.17, 15) is 19.5 Å². The number of piperidine rings is 3. The van der Waals surface area contributed by atoms with Gasteiger partial charge < -0.3 is 19.8 Å². The van der Waals surface area contributed by atoms with Crippen molar-refractivity contribution in [1.29, 1.82) is 0 Å². The lowest BCUT2D eigenvalue weighted by molar-refractivity contribution is -0.139. The van der Waals surface area contributed by atoms with Crippen molar-refractivity contribution >= 4 is 34.5 Å². The van der Waals surface area contributed by atoms with E-state index in [0.29, 0.717) is 46.8 Å². The van der Waals surface area contributed by atoms with Crippen molar-refractivity contribution in [1.82, 2.24) is 24.3 Å². The number of aromatic nitrogens is 2. The van der Waals surface area contributed by atoms with E-state index in [1.54, 1.807) is 11.0 Å². The van der Waals surface area contributed by atoms with Crippen molar-refractivity contribution in [3.8, 4) is 5.69 Å². The summed E-state index contributed by atoms with van der Waals surface area (Å²) in [6.45, 7) is 9.18. The lowest BCUT2D eigenvalue weighted by Gasteiger charge is -2.56.